The fourth-order valence-corrected chi connectivity index (χ4v) is 5.90. The van der Waals surface area contributed by atoms with Crippen LogP contribution in [0.4, 0.5) is 4.39 Å². The Morgan fingerprint density at radius 2 is 1.81 bits per heavy atom. The molecule has 0 radical (unpaired) electrons. The van der Waals surface area contributed by atoms with Crippen molar-refractivity contribution in [3.8, 4) is 0 Å². The van der Waals surface area contributed by atoms with E-state index in [2.05, 4.69) is 39.4 Å². The van der Waals surface area contributed by atoms with Crippen LogP contribution in [-0.2, 0) is 27.4 Å². The maximum absolute atomic E-state index is 14.4. The van der Waals surface area contributed by atoms with Gasteiger partial charge in [-0.05, 0) is 30.9 Å². The van der Waals surface area contributed by atoms with Crippen molar-refractivity contribution in [1.29, 1.82) is 0 Å². The zero-order valence-corrected chi connectivity index (χ0v) is 21.3. The number of nitrogens with one attached hydrogen (secondary N) is 1. The van der Waals surface area contributed by atoms with Crippen LogP contribution in [0.5, 0.6) is 0 Å². The van der Waals surface area contributed by atoms with Gasteiger partial charge in [-0.15, -0.1) is 0 Å². The molecule has 2 aromatic carbocycles. The van der Waals surface area contributed by atoms with E-state index in [1.54, 1.807) is 12.1 Å². The van der Waals surface area contributed by atoms with Gasteiger partial charge in [0.05, 0.1) is 37.9 Å². The number of benzene rings is 2. The van der Waals surface area contributed by atoms with Gasteiger partial charge >= 0.3 is 0 Å². The van der Waals surface area contributed by atoms with E-state index in [9.17, 15) is 14.3 Å². The number of likely N-dealkylation sites (tertiary alicyclic amines) is 1. The normalized spacial score (nSPS) is 29.3. The maximum atomic E-state index is 14.4. The van der Waals surface area contributed by atoms with Gasteiger partial charge in [0.25, 0.3) is 0 Å². The molecule has 5 rings (SSSR count). The van der Waals surface area contributed by atoms with Crippen molar-refractivity contribution in [3.05, 3.63) is 71.5 Å². The summed E-state index contributed by atoms with van der Waals surface area (Å²) in [6.45, 7) is 4.10. The lowest BCUT2D eigenvalue weighted by Gasteiger charge is -2.44. The predicted octanol–water partition coefficient (Wildman–Crippen LogP) is 2.72. The SMILES string of the molecule is O=C(C[C@H]1CC[C@H]2[C@@H](COC[C@H](O)CN2Cc2ccccc2F)O1)N[C@H]1CCN(Cc2ccccc2)C1. The first-order valence-corrected chi connectivity index (χ1v) is 13.5. The lowest BCUT2D eigenvalue weighted by atomic mass is 9.94. The molecule has 3 fully saturated rings. The van der Waals surface area contributed by atoms with Gasteiger partial charge in [-0.1, -0.05) is 48.5 Å². The predicted molar refractivity (Wildman–Crippen MR) is 138 cm³/mol. The second-order valence-electron chi connectivity index (χ2n) is 10.6. The van der Waals surface area contributed by atoms with E-state index in [1.165, 1.54) is 11.6 Å². The molecule has 7 nitrogen and oxygen atoms in total. The van der Waals surface area contributed by atoms with Crippen LogP contribution in [0.3, 0.4) is 0 Å². The van der Waals surface area contributed by atoms with Crippen LogP contribution in [0.2, 0.25) is 0 Å². The van der Waals surface area contributed by atoms with Gasteiger partial charge in [-0.2, -0.15) is 0 Å². The number of carbonyl (C=O) groups excluding carboxylic acids is 1. The van der Waals surface area contributed by atoms with Crippen LogP contribution in [-0.4, -0.2) is 84.1 Å². The summed E-state index contributed by atoms with van der Waals surface area (Å²) in [7, 11) is 0. The van der Waals surface area contributed by atoms with Crippen LogP contribution < -0.4 is 5.32 Å². The highest BCUT2D eigenvalue weighted by Crippen LogP contribution is 2.29. The molecule has 0 bridgehead atoms. The van der Waals surface area contributed by atoms with Crippen molar-refractivity contribution in [2.75, 3.05) is 32.8 Å². The third-order valence-electron chi connectivity index (χ3n) is 7.72. The third-order valence-corrected chi connectivity index (χ3v) is 7.72. The molecule has 0 aromatic heterocycles. The molecule has 3 heterocycles. The summed E-state index contributed by atoms with van der Waals surface area (Å²) < 4.78 is 26.5. The molecule has 0 aliphatic carbocycles. The molecule has 37 heavy (non-hydrogen) atoms. The van der Waals surface area contributed by atoms with Gasteiger partial charge in [0.2, 0.25) is 5.91 Å². The van der Waals surface area contributed by atoms with Crippen molar-refractivity contribution in [1.82, 2.24) is 15.1 Å². The molecule has 0 saturated carbocycles. The molecule has 2 aromatic rings. The highest BCUT2D eigenvalue weighted by Gasteiger charge is 2.38. The van der Waals surface area contributed by atoms with Crippen molar-refractivity contribution in [2.24, 2.45) is 0 Å². The summed E-state index contributed by atoms with van der Waals surface area (Å²) >= 11 is 0. The topological polar surface area (TPSA) is 74.3 Å². The molecule has 200 valence electrons. The first kappa shape index (κ1) is 26.3. The van der Waals surface area contributed by atoms with E-state index >= 15 is 0 Å². The number of rotatable bonds is 7. The Balaban J connectivity index is 1.13. The smallest absolute Gasteiger partial charge is 0.222 e. The monoisotopic (exact) mass is 511 g/mol. The minimum atomic E-state index is -0.635. The fraction of sp³-hybridized carbons (Fsp3) is 0.552. The van der Waals surface area contributed by atoms with Crippen LogP contribution in [0.15, 0.2) is 54.6 Å². The number of hydrogen-bond acceptors (Lipinski definition) is 6. The minimum absolute atomic E-state index is 0.00440. The van der Waals surface area contributed by atoms with Crippen molar-refractivity contribution < 1.29 is 23.8 Å². The Kier molecular flexibility index (Phi) is 8.84. The Morgan fingerprint density at radius 1 is 1.00 bits per heavy atom. The molecule has 3 aliphatic rings. The Labute approximate surface area is 218 Å². The Hall–Kier alpha value is -2.36. The van der Waals surface area contributed by atoms with Crippen LogP contribution in [0.25, 0.3) is 0 Å². The number of β-amino-alcohol motifs (C(OH)–C–C–N with tert-alkyl or cyclic N) is 1. The minimum Gasteiger partial charge on any atom is -0.389 e. The first-order valence-electron chi connectivity index (χ1n) is 13.5. The van der Waals surface area contributed by atoms with Crippen LogP contribution in [0.1, 0.15) is 36.8 Å². The number of ether oxygens (including phenoxy) is 2. The summed E-state index contributed by atoms with van der Waals surface area (Å²) in [4.78, 5) is 17.4. The lowest BCUT2D eigenvalue weighted by Crippen LogP contribution is -2.55. The summed E-state index contributed by atoms with van der Waals surface area (Å²) in [6.07, 6.45) is 1.80. The van der Waals surface area contributed by atoms with E-state index in [-0.39, 0.29) is 42.6 Å². The van der Waals surface area contributed by atoms with E-state index < -0.39 is 6.10 Å². The van der Waals surface area contributed by atoms with Gasteiger partial charge in [-0.3, -0.25) is 14.6 Å². The summed E-state index contributed by atoms with van der Waals surface area (Å²) in [5, 5.41) is 13.6. The summed E-state index contributed by atoms with van der Waals surface area (Å²) in [6, 6.07) is 17.3. The quantitative estimate of drug-likeness (QED) is 0.596. The average molecular weight is 512 g/mol. The number of aliphatic hydroxyl groups excluding tert-OH is 1. The number of carbonyl (C=O) groups is 1. The Bertz CT molecular complexity index is 1030. The molecule has 1 amide bonds. The zero-order valence-electron chi connectivity index (χ0n) is 21.3. The second kappa shape index (κ2) is 12.5. The van der Waals surface area contributed by atoms with Crippen LogP contribution in [0, 0.1) is 5.82 Å². The third kappa shape index (κ3) is 7.15. The van der Waals surface area contributed by atoms with Crippen molar-refractivity contribution in [3.63, 3.8) is 0 Å². The van der Waals surface area contributed by atoms with E-state index in [0.717, 1.165) is 38.9 Å². The number of fused-ring (bicyclic) bond motifs is 1. The zero-order chi connectivity index (χ0) is 25.6. The highest BCUT2D eigenvalue weighted by molar-refractivity contribution is 5.76. The molecule has 0 spiro atoms. The molecular weight excluding hydrogens is 473 g/mol. The maximum Gasteiger partial charge on any atom is 0.222 e. The largest absolute Gasteiger partial charge is 0.389 e. The van der Waals surface area contributed by atoms with E-state index in [0.29, 0.717) is 31.7 Å². The molecular formula is C29H38FN3O4. The van der Waals surface area contributed by atoms with Crippen molar-refractivity contribution >= 4 is 5.91 Å². The van der Waals surface area contributed by atoms with Gasteiger partial charge < -0.3 is 19.9 Å². The number of halogens is 1. The number of hydrogen-bond donors (Lipinski definition) is 2. The van der Waals surface area contributed by atoms with Gasteiger partial charge in [0.15, 0.2) is 0 Å². The summed E-state index contributed by atoms with van der Waals surface area (Å²) in [5.41, 5.74) is 1.90. The van der Waals surface area contributed by atoms with Gasteiger partial charge in [0, 0.05) is 50.4 Å². The average Bonchev–Trinajstić information content (AvgIpc) is 3.31. The van der Waals surface area contributed by atoms with Gasteiger partial charge in [-0.25, -0.2) is 4.39 Å². The van der Waals surface area contributed by atoms with Gasteiger partial charge in [0.1, 0.15) is 5.82 Å². The summed E-state index contributed by atoms with van der Waals surface area (Å²) in [5.74, 6) is -0.215. The Morgan fingerprint density at radius 3 is 2.65 bits per heavy atom. The standard InChI is InChI=1S/C29H38FN3O4/c30-26-9-5-4-8-22(26)16-33-18-24(34)19-36-20-28-27(33)11-10-25(37-28)14-29(35)31-23-12-13-32(17-23)15-21-6-2-1-3-7-21/h1-9,23-25,27-28,34H,10-20H2,(H,31,35)/t23-,24+,25+,27-,28+/m0/s1. The number of nitrogens with zero attached hydrogens (tertiary/aromatic N) is 2. The van der Waals surface area contributed by atoms with E-state index in [1.807, 2.05) is 12.1 Å². The molecule has 2 N–H and O–H groups in total. The van der Waals surface area contributed by atoms with Crippen molar-refractivity contribution in [2.45, 2.75) is 69.2 Å². The highest BCUT2D eigenvalue weighted by atomic mass is 19.1. The second-order valence-corrected chi connectivity index (χ2v) is 10.6. The first-order chi connectivity index (χ1) is 18.0. The van der Waals surface area contributed by atoms with E-state index in [4.69, 9.17) is 9.47 Å². The molecule has 3 saturated heterocycles. The number of aliphatic hydroxyl groups is 1. The number of amides is 1. The van der Waals surface area contributed by atoms with Crippen LogP contribution >= 0.6 is 0 Å². The lowest BCUT2D eigenvalue weighted by molar-refractivity contribution is -0.158. The molecule has 3 aliphatic heterocycles. The molecule has 5 atom stereocenters. The molecule has 0 unspecified atom stereocenters. The molecule has 8 heteroatoms. The fourth-order valence-electron chi connectivity index (χ4n) is 5.90.